The van der Waals surface area contributed by atoms with Crippen LogP contribution in [0.4, 0.5) is 9.59 Å². The molecule has 2 aliphatic heterocycles. The van der Waals surface area contributed by atoms with E-state index in [4.69, 9.17) is 14.2 Å². The van der Waals surface area contributed by atoms with Crippen LogP contribution in [0.2, 0.25) is 0 Å². The average Bonchev–Trinajstić information content (AvgIpc) is 3.67. The zero-order valence-corrected chi connectivity index (χ0v) is 29.0. The second kappa shape index (κ2) is 20.0. The van der Waals surface area contributed by atoms with Crippen LogP contribution in [0.25, 0.3) is 0 Å². The molecule has 12 heteroatoms. The van der Waals surface area contributed by atoms with Gasteiger partial charge in [-0.3, -0.25) is 14.7 Å². The molecule has 3 heterocycles. The highest BCUT2D eigenvalue weighted by Crippen LogP contribution is 2.23. The van der Waals surface area contributed by atoms with Gasteiger partial charge in [0.15, 0.2) is 5.78 Å². The SMILES string of the molecule is O=C(N[C@H](CC[C@@H](CC(=O)[C@H](CCN1CCOCC1)NC(=O)N1CCOCC1)Cc1ccccc1)Cc1ccccc1)OCc1cncs1. The molecule has 3 amide bonds. The van der Waals surface area contributed by atoms with Crippen molar-refractivity contribution in [2.45, 2.75) is 57.2 Å². The first kappa shape index (κ1) is 36.4. The normalized spacial score (nSPS) is 17.1. The molecule has 2 aliphatic rings. The average molecular weight is 692 g/mol. The topological polar surface area (TPSA) is 122 Å². The number of aromatic nitrogens is 1. The van der Waals surface area contributed by atoms with E-state index in [2.05, 4.69) is 44.8 Å². The van der Waals surface area contributed by atoms with Gasteiger partial charge in [-0.05, 0) is 49.1 Å². The molecular formula is C37H49N5O6S. The molecule has 0 bridgehead atoms. The summed E-state index contributed by atoms with van der Waals surface area (Å²) in [6, 6.07) is 19.3. The molecule has 2 N–H and O–H groups in total. The monoisotopic (exact) mass is 691 g/mol. The number of alkyl carbamates (subject to hydrolysis) is 1. The molecule has 0 spiro atoms. The summed E-state index contributed by atoms with van der Waals surface area (Å²) in [6.45, 7) is 5.87. The van der Waals surface area contributed by atoms with Gasteiger partial charge in [-0.2, -0.15) is 0 Å². The van der Waals surface area contributed by atoms with Crippen LogP contribution in [-0.2, 0) is 38.5 Å². The van der Waals surface area contributed by atoms with Crippen molar-refractivity contribution in [1.29, 1.82) is 0 Å². The molecule has 2 aromatic carbocycles. The number of hydrogen-bond donors (Lipinski definition) is 2. The fourth-order valence-corrected chi connectivity index (χ4v) is 6.83. The summed E-state index contributed by atoms with van der Waals surface area (Å²) < 4.78 is 16.5. The van der Waals surface area contributed by atoms with Crippen LogP contribution in [-0.4, -0.2) is 104 Å². The van der Waals surface area contributed by atoms with Crippen LogP contribution < -0.4 is 10.6 Å². The van der Waals surface area contributed by atoms with Gasteiger partial charge in [-0.1, -0.05) is 60.7 Å². The van der Waals surface area contributed by atoms with Crippen LogP contribution in [0.5, 0.6) is 0 Å². The number of amides is 3. The smallest absolute Gasteiger partial charge is 0.407 e. The first-order valence-corrected chi connectivity index (χ1v) is 18.2. The number of thiazole rings is 1. The molecule has 3 atom stereocenters. The summed E-state index contributed by atoms with van der Waals surface area (Å²) in [5, 5.41) is 6.18. The minimum Gasteiger partial charge on any atom is -0.444 e. The van der Waals surface area contributed by atoms with Crippen molar-refractivity contribution in [1.82, 2.24) is 25.4 Å². The van der Waals surface area contributed by atoms with Crippen LogP contribution in [0.15, 0.2) is 72.4 Å². The first-order chi connectivity index (χ1) is 24.0. The molecule has 0 aliphatic carbocycles. The Labute approximate surface area is 293 Å². The van der Waals surface area contributed by atoms with E-state index in [1.807, 2.05) is 36.4 Å². The zero-order chi connectivity index (χ0) is 34.1. The van der Waals surface area contributed by atoms with Gasteiger partial charge in [-0.25, -0.2) is 9.59 Å². The molecule has 2 saturated heterocycles. The van der Waals surface area contributed by atoms with Crippen LogP contribution in [0.3, 0.4) is 0 Å². The lowest BCUT2D eigenvalue weighted by atomic mass is 9.86. The quantitative estimate of drug-likeness (QED) is 0.209. The zero-order valence-electron chi connectivity index (χ0n) is 28.2. The Kier molecular flexibility index (Phi) is 14.9. The van der Waals surface area contributed by atoms with Crippen molar-refractivity contribution in [3.63, 3.8) is 0 Å². The number of nitrogens with one attached hydrogen (secondary N) is 2. The van der Waals surface area contributed by atoms with Gasteiger partial charge < -0.3 is 29.7 Å². The molecule has 1 aromatic heterocycles. The largest absolute Gasteiger partial charge is 0.444 e. The number of hydrogen-bond acceptors (Lipinski definition) is 9. The molecule has 11 nitrogen and oxygen atoms in total. The van der Waals surface area contributed by atoms with Gasteiger partial charge in [-0.15, -0.1) is 11.3 Å². The Hall–Kier alpha value is -3.84. The standard InChI is InChI=1S/C37H49N5O6S/c43-35(34(13-14-41-15-19-46-20-16-41)40-36(44)42-17-21-47-22-18-42)25-31(23-29-7-3-1-4-8-29)11-12-32(24-30-9-5-2-6-10-30)39-37(45)48-27-33-26-38-28-49-33/h1-10,26,28,31-32,34H,11-25,27H2,(H,39,45)(H,40,44)/t31-,32-,34+/m1/s1. The minimum absolute atomic E-state index is 0.00867. The van der Waals surface area contributed by atoms with Crippen molar-refractivity contribution in [2.75, 3.05) is 59.2 Å². The molecule has 0 unspecified atom stereocenters. The lowest BCUT2D eigenvalue weighted by Gasteiger charge is -2.31. The second-order valence-corrected chi connectivity index (χ2v) is 13.7. The molecule has 0 radical (unpaired) electrons. The van der Waals surface area contributed by atoms with E-state index >= 15 is 0 Å². The summed E-state index contributed by atoms with van der Waals surface area (Å²) in [7, 11) is 0. The number of ketones is 1. The lowest BCUT2D eigenvalue weighted by Crippen LogP contribution is -2.52. The number of carbonyl (C=O) groups is 3. The summed E-state index contributed by atoms with van der Waals surface area (Å²) >= 11 is 1.44. The van der Waals surface area contributed by atoms with E-state index in [1.165, 1.54) is 11.3 Å². The second-order valence-electron chi connectivity index (χ2n) is 12.7. The number of morpholine rings is 2. The molecule has 264 valence electrons. The van der Waals surface area contributed by atoms with E-state index in [9.17, 15) is 14.4 Å². The van der Waals surface area contributed by atoms with E-state index in [0.717, 1.165) is 29.1 Å². The number of ether oxygens (including phenoxy) is 3. The summed E-state index contributed by atoms with van der Waals surface area (Å²) in [6.07, 6.45) is 4.81. The predicted octanol–water partition coefficient (Wildman–Crippen LogP) is 4.71. The third kappa shape index (κ3) is 12.8. The Morgan fingerprint density at radius 2 is 1.47 bits per heavy atom. The Balaban J connectivity index is 1.27. The number of nitrogens with zero attached hydrogens (tertiary/aromatic N) is 3. The van der Waals surface area contributed by atoms with Crippen LogP contribution >= 0.6 is 11.3 Å². The van der Waals surface area contributed by atoms with E-state index in [0.29, 0.717) is 84.6 Å². The van der Waals surface area contributed by atoms with Gasteiger partial charge in [0.25, 0.3) is 0 Å². The van der Waals surface area contributed by atoms with Gasteiger partial charge in [0.05, 0.1) is 42.9 Å². The third-order valence-corrected chi connectivity index (χ3v) is 9.83. The Morgan fingerprint density at radius 3 is 2.12 bits per heavy atom. The molecule has 5 rings (SSSR count). The molecule has 0 saturated carbocycles. The fraction of sp³-hybridized carbons (Fsp3) is 0.514. The number of urea groups is 1. The first-order valence-electron chi connectivity index (χ1n) is 17.4. The summed E-state index contributed by atoms with van der Waals surface area (Å²) in [5.41, 5.74) is 3.98. The molecule has 3 aromatic rings. The Morgan fingerprint density at radius 1 is 0.816 bits per heavy atom. The maximum atomic E-state index is 14.2. The van der Waals surface area contributed by atoms with E-state index in [1.54, 1.807) is 16.6 Å². The van der Waals surface area contributed by atoms with E-state index in [-0.39, 0.29) is 30.4 Å². The van der Waals surface area contributed by atoms with Gasteiger partial charge in [0, 0.05) is 51.4 Å². The highest BCUT2D eigenvalue weighted by atomic mass is 32.1. The van der Waals surface area contributed by atoms with Crippen molar-refractivity contribution in [2.24, 2.45) is 5.92 Å². The highest BCUT2D eigenvalue weighted by molar-refractivity contribution is 7.09. The minimum atomic E-state index is -0.601. The van der Waals surface area contributed by atoms with Crippen molar-refractivity contribution in [3.05, 3.63) is 88.4 Å². The molecular weight excluding hydrogens is 643 g/mol. The third-order valence-electron chi connectivity index (χ3n) is 9.08. The van der Waals surface area contributed by atoms with E-state index < -0.39 is 12.1 Å². The molecule has 49 heavy (non-hydrogen) atoms. The molecule has 2 fully saturated rings. The van der Waals surface area contributed by atoms with Crippen LogP contribution in [0, 0.1) is 5.92 Å². The summed E-state index contributed by atoms with van der Waals surface area (Å²) in [5.74, 6) is 0.0432. The number of rotatable bonds is 17. The Bertz CT molecular complexity index is 1400. The maximum Gasteiger partial charge on any atom is 0.407 e. The highest BCUT2D eigenvalue weighted by Gasteiger charge is 2.28. The summed E-state index contributed by atoms with van der Waals surface area (Å²) in [4.78, 5) is 49.3. The number of benzene rings is 2. The number of Topliss-reactive ketones (excluding diaryl/α,β-unsaturated/α-hetero) is 1. The maximum absolute atomic E-state index is 14.2. The van der Waals surface area contributed by atoms with Crippen LogP contribution in [0.1, 0.15) is 41.7 Å². The van der Waals surface area contributed by atoms with Crippen molar-refractivity contribution in [3.8, 4) is 0 Å². The van der Waals surface area contributed by atoms with Gasteiger partial charge in [0.2, 0.25) is 0 Å². The fourth-order valence-electron chi connectivity index (χ4n) is 6.33. The van der Waals surface area contributed by atoms with Crippen molar-refractivity contribution >= 4 is 29.2 Å². The van der Waals surface area contributed by atoms with Gasteiger partial charge in [0.1, 0.15) is 6.61 Å². The lowest BCUT2D eigenvalue weighted by molar-refractivity contribution is -0.122. The number of carbonyl (C=O) groups excluding carboxylic acids is 3. The van der Waals surface area contributed by atoms with Crippen molar-refractivity contribution < 1.29 is 28.6 Å². The van der Waals surface area contributed by atoms with Gasteiger partial charge >= 0.3 is 12.1 Å². The predicted molar refractivity (Wildman–Crippen MR) is 188 cm³/mol.